The molecule has 0 bridgehead atoms. The molecule has 1 spiro atoms. The van der Waals surface area contributed by atoms with E-state index in [2.05, 4.69) is 10.3 Å². The van der Waals surface area contributed by atoms with Gasteiger partial charge in [0.05, 0.1) is 25.8 Å². The number of hydrogen-bond acceptors (Lipinski definition) is 5. The molecule has 0 saturated carbocycles. The molecule has 0 aliphatic carbocycles. The van der Waals surface area contributed by atoms with Crippen molar-refractivity contribution in [3.05, 3.63) is 83.7 Å². The zero-order chi connectivity index (χ0) is 22.3. The first-order chi connectivity index (χ1) is 15.6. The second-order valence-corrected chi connectivity index (χ2v) is 7.97. The molecule has 3 heterocycles. The van der Waals surface area contributed by atoms with E-state index in [1.165, 1.54) is 7.11 Å². The highest BCUT2D eigenvalue weighted by Crippen LogP contribution is 2.55. The van der Waals surface area contributed by atoms with Crippen LogP contribution in [0.25, 0.3) is 0 Å². The molecule has 2 atom stereocenters. The molecule has 5 rings (SSSR count). The zero-order valence-electron chi connectivity index (χ0n) is 17.9. The Morgan fingerprint density at radius 2 is 1.97 bits per heavy atom. The topological polar surface area (TPSA) is 80.8 Å². The van der Waals surface area contributed by atoms with Crippen LogP contribution in [0.5, 0.6) is 11.5 Å². The van der Waals surface area contributed by atoms with E-state index < -0.39 is 11.5 Å². The predicted molar refractivity (Wildman–Crippen MR) is 119 cm³/mol. The first kappa shape index (κ1) is 20.1. The molecule has 32 heavy (non-hydrogen) atoms. The van der Waals surface area contributed by atoms with Gasteiger partial charge in [0.2, 0.25) is 5.91 Å². The number of aromatic nitrogens is 1. The summed E-state index contributed by atoms with van der Waals surface area (Å²) >= 11 is 0. The molecule has 2 aliphatic heterocycles. The highest BCUT2D eigenvalue weighted by atomic mass is 16.5. The zero-order valence-corrected chi connectivity index (χ0v) is 17.9. The minimum absolute atomic E-state index is 0.0930. The lowest BCUT2D eigenvalue weighted by molar-refractivity contribution is -0.121. The Kier molecular flexibility index (Phi) is 4.81. The maximum absolute atomic E-state index is 13.8. The number of ether oxygens (including phenoxy) is 2. The fourth-order valence-corrected chi connectivity index (χ4v) is 5.04. The van der Waals surface area contributed by atoms with Gasteiger partial charge in [0.1, 0.15) is 16.9 Å². The monoisotopic (exact) mass is 429 g/mol. The average molecular weight is 429 g/mol. The second kappa shape index (κ2) is 7.67. The third-order valence-electron chi connectivity index (χ3n) is 6.49. The van der Waals surface area contributed by atoms with Gasteiger partial charge in [-0.2, -0.15) is 0 Å². The average Bonchev–Trinajstić information content (AvgIpc) is 3.38. The van der Waals surface area contributed by atoms with Crippen LogP contribution in [-0.4, -0.2) is 42.5 Å². The molecule has 7 heteroatoms. The number of pyridine rings is 1. The van der Waals surface area contributed by atoms with E-state index in [1.54, 1.807) is 42.6 Å². The van der Waals surface area contributed by atoms with Gasteiger partial charge >= 0.3 is 0 Å². The summed E-state index contributed by atoms with van der Waals surface area (Å²) in [4.78, 5) is 33.3. The normalized spacial score (nSPS) is 21.4. The number of likely N-dealkylation sites (tertiary alicyclic amines) is 1. The van der Waals surface area contributed by atoms with E-state index >= 15 is 0 Å². The van der Waals surface area contributed by atoms with Gasteiger partial charge < -0.3 is 19.7 Å². The van der Waals surface area contributed by atoms with E-state index in [0.29, 0.717) is 30.0 Å². The van der Waals surface area contributed by atoms with Crippen LogP contribution in [0.2, 0.25) is 0 Å². The van der Waals surface area contributed by atoms with Crippen molar-refractivity contribution in [1.29, 1.82) is 0 Å². The summed E-state index contributed by atoms with van der Waals surface area (Å²) < 4.78 is 10.8. The molecular formula is C25H23N3O4. The first-order valence-corrected chi connectivity index (χ1v) is 10.4. The third kappa shape index (κ3) is 2.85. The lowest BCUT2D eigenvalue weighted by atomic mass is 9.73. The first-order valence-electron chi connectivity index (χ1n) is 10.4. The van der Waals surface area contributed by atoms with Crippen molar-refractivity contribution in [2.24, 2.45) is 0 Å². The number of fused-ring (bicyclic) bond motifs is 2. The molecule has 162 valence electrons. The summed E-state index contributed by atoms with van der Waals surface area (Å²) in [5, 5.41) is 3.03. The van der Waals surface area contributed by atoms with Crippen LogP contribution >= 0.6 is 0 Å². The summed E-state index contributed by atoms with van der Waals surface area (Å²) in [5.41, 5.74) is 2.07. The Hall–Kier alpha value is -3.87. The molecule has 1 saturated heterocycles. The molecule has 1 fully saturated rings. The van der Waals surface area contributed by atoms with Crippen molar-refractivity contribution < 1.29 is 19.1 Å². The molecule has 1 aromatic heterocycles. The number of anilines is 1. The van der Waals surface area contributed by atoms with Crippen LogP contribution in [0.1, 0.15) is 33.9 Å². The predicted octanol–water partition coefficient (Wildman–Crippen LogP) is 3.58. The van der Waals surface area contributed by atoms with Gasteiger partial charge in [-0.25, -0.2) is 0 Å². The summed E-state index contributed by atoms with van der Waals surface area (Å²) in [6.07, 6.45) is 3.93. The smallest absolute Gasteiger partial charge is 0.258 e. The SMILES string of the molecule is COc1ccc(C(=O)N2CCC3(C(=O)Nc4ccccc43)C2c2cccnc2)c(OC)c1. The van der Waals surface area contributed by atoms with E-state index in [1.807, 2.05) is 36.4 Å². The highest BCUT2D eigenvalue weighted by Gasteiger charge is 2.59. The van der Waals surface area contributed by atoms with Crippen LogP contribution in [0, 0.1) is 0 Å². The van der Waals surface area contributed by atoms with Crippen LogP contribution < -0.4 is 14.8 Å². The second-order valence-electron chi connectivity index (χ2n) is 7.97. The van der Waals surface area contributed by atoms with Gasteiger partial charge in [-0.3, -0.25) is 14.6 Å². The van der Waals surface area contributed by atoms with Gasteiger partial charge in [-0.1, -0.05) is 24.3 Å². The molecule has 2 aliphatic rings. The summed E-state index contributed by atoms with van der Waals surface area (Å²) in [6, 6.07) is 16.1. The van der Waals surface area contributed by atoms with Crippen LogP contribution in [0.15, 0.2) is 67.0 Å². The standard InChI is InChI=1S/C25H23N3O4/c1-31-17-9-10-18(21(14-17)32-2)23(29)28-13-11-25(22(28)16-6-5-12-26-15-16)19-7-3-4-8-20(19)27-24(25)30/h3-10,12,14-15,22H,11,13H2,1-2H3,(H,27,30). The van der Waals surface area contributed by atoms with Gasteiger partial charge in [0.25, 0.3) is 5.91 Å². The quantitative estimate of drug-likeness (QED) is 0.686. The van der Waals surface area contributed by atoms with Gasteiger partial charge in [-0.05, 0) is 41.8 Å². The number of carbonyl (C=O) groups excluding carboxylic acids is 2. The molecule has 0 radical (unpaired) electrons. The Labute approximate surface area is 186 Å². The summed E-state index contributed by atoms with van der Waals surface area (Å²) in [7, 11) is 3.09. The minimum atomic E-state index is -0.880. The Balaban J connectivity index is 1.65. The van der Waals surface area contributed by atoms with Crippen LogP contribution in [0.3, 0.4) is 0 Å². The maximum Gasteiger partial charge on any atom is 0.258 e. The van der Waals surface area contributed by atoms with Crippen LogP contribution in [-0.2, 0) is 10.2 Å². The molecular weight excluding hydrogens is 406 g/mol. The van der Waals surface area contributed by atoms with Crippen molar-refractivity contribution in [1.82, 2.24) is 9.88 Å². The number of nitrogens with one attached hydrogen (secondary N) is 1. The van der Waals surface area contributed by atoms with E-state index in [4.69, 9.17) is 9.47 Å². The number of methoxy groups -OCH3 is 2. The van der Waals surface area contributed by atoms with Crippen molar-refractivity contribution >= 4 is 17.5 Å². The van der Waals surface area contributed by atoms with Crippen molar-refractivity contribution in [2.75, 3.05) is 26.1 Å². The summed E-state index contributed by atoms with van der Waals surface area (Å²) in [6.45, 7) is 0.426. The summed E-state index contributed by atoms with van der Waals surface area (Å²) in [5.74, 6) is 0.734. The molecule has 2 aromatic carbocycles. The fourth-order valence-electron chi connectivity index (χ4n) is 5.04. The molecule has 7 nitrogen and oxygen atoms in total. The number of rotatable bonds is 4. The lowest BCUT2D eigenvalue weighted by Crippen LogP contribution is -2.42. The Morgan fingerprint density at radius 3 is 2.72 bits per heavy atom. The van der Waals surface area contributed by atoms with Crippen LogP contribution in [0.4, 0.5) is 5.69 Å². The van der Waals surface area contributed by atoms with Gasteiger partial charge in [-0.15, -0.1) is 0 Å². The maximum atomic E-state index is 13.8. The number of nitrogens with zero attached hydrogens (tertiary/aromatic N) is 2. The number of hydrogen-bond donors (Lipinski definition) is 1. The van der Waals surface area contributed by atoms with E-state index in [0.717, 1.165) is 16.8 Å². The van der Waals surface area contributed by atoms with E-state index in [9.17, 15) is 9.59 Å². The highest BCUT2D eigenvalue weighted by molar-refractivity contribution is 6.08. The van der Waals surface area contributed by atoms with Gasteiger partial charge in [0, 0.05) is 30.7 Å². The Morgan fingerprint density at radius 1 is 1.12 bits per heavy atom. The van der Waals surface area contributed by atoms with Crippen molar-refractivity contribution in [2.45, 2.75) is 17.9 Å². The van der Waals surface area contributed by atoms with Crippen molar-refractivity contribution in [3.8, 4) is 11.5 Å². The Bertz CT molecular complexity index is 1200. The number of carbonyl (C=O) groups is 2. The molecule has 2 unspecified atom stereocenters. The van der Waals surface area contributed by atoms with Gasteiger partial charge in [0.15, 0.2) is 0 Å². The number of para-hydroxylation sites is 1. The molecule has 3 aromatic rings. The lowest BCUT2D eigenvalue weighted by Gasteiger charge is -2.34. The van der Waals surface area contributed by atoms with Crippen molar-refractivity contribution in [3.63, 3.8) is 0 Å². The number of amides is 2. The van der Waals surface area contributed by atoms with E-state index in [-0.39, 0.29) is 11.8 Å². The third-order valence-corrected chi connectivity index (χ3v) is 6.49. The molecule has 1 N–H and O–H groups in total. The molecule has 2 amide bonds. The fraction of sp³-hybridized carbons (Fsp3) is 0.240. The largest absolute Gasteiger partial charge is 0.497 e. The number of benzene rings is 2. The minimum Gasteiger partial charge on any atom is -0.497 e.